The van der Waals surface area contributed by atoms with Gasteiger partial charge in [0.2, 0.25) is 0 Å². The zero-order chi connectivity index (χ0) is 58.7. The minimum Gasteiger partial charge on any atom is -0.456 e. The number of para-hydroxylation sites is 6. The molecular formula is C82H47N5O3. The summed E-state index contributed by atoms with van der Waals surface area (Å²) in [4.78, 5) is 11.4. The van der Waals surface area contributed by atoms with Crippen molar-refractivity contribution in [2.75, 3.05) is 0 Å². The molecule has 0 N–H and O–H groups in total. The molecule has 7 aromatic heterocycles. The van der Waals surface area contributed by atoms with Crippen LogP contribution < -0.4 is 0 Å². The van der Waals surface area contributed by atoms with Crippen molar-refractivity contribution < 1.29 is 13.3 Å². The largest absolute Gasteiger partial charge is 0.456 e. The maximum absolute atomic E-state index is 6.27. The second kappa shape index (κ2) is 18.6. The summed E-state index contributed by atoms with van der Waals surface area (Å²) in [5.41, 5.74) is 20.3. The molecule has 0 aliphatic carbocycles. The van der Waals surface area contributed by atoms with E-state index in [-0.39, 0.29) is 0 Å². The Morgan fingerprint density at radius 1 is 0.200 bits per heavy atom. The third-order valence-electron chi connectivity index (χ3n) is 18.7. The van der Waals surface area contributed by atoms with Gasteiger partial charge in [0.05, 0.1) is 33.1 Å². The molecule has 8 heteroatoms. The molecule has 0 fully saturated rings. The average Bonchev–Trinajstić information content (AvgIpc) is 1.68. The number of furan rings is 3. The van der Waals surface area contributed by atoms with Crippen LogP contribution in [0.15, 0.2) is 298 Å². The molecule has 0 aliphatic rings. The third-order valence-corrected chi connectivity index (χ3v) is 18.7. The highest BCUT2D eigenvalue weighted by Crippen LogP contribution is 2.43. The van der Waals surface area contributed by atoms with Crippen molar-refractivity contribution in [1.29, 1.82) is 0 Å². The maximum Gasteiger partial charge on any atom is 0.163 e. The van der Waals surface area contributed by atoms with Crippen LogP contribution in [-0.4, -0.2) is 23.7 Å². The first-order chi connectivity index (χ1) is 44.6. The number of hydrogen-bond acceptors (Lipinski definition) is 5. The van der Waals surface area contributed by atoms with Crippen molar-refractivity contribution in [1.82, 2.24) is 23.7 Å². The molecule has 0 unspecified atom stereocenters. The number of rotatable bonds is 7. The summed E-state index contributed by atoms with van der Waals surface area (Å²) in [6, 6.07) is 102. The van der Waals surface area contributed by atoms with Crippen molar-refractivity contribution in [3.63, 3.8) is 0 Å². The zero-order valence-electron chi connectivity index (χ0n) is 48.1. The molecule has 20 aromatic rings. The summed E-state index contributed by atoms with van der Waals surface area (Å²) >= 11 is 0. The summed E-state index contributed by atoms with van der Waals surface area (Å²) in [5.74, 6) is 2.10. The SMILES string of the molecule is c1cc(-c2nc(-n3c4ccccc4c4cc(-c5ccc6oc7ccccc7c6c5)ccc43)cc(-n3c4ccccc4c4cc(-c5ccc6oc7ccccc7c6c5)ccc43)n2)cc(-n2c3ccccc3c3cc(-c4ccc5oc6ccccc6c5c4)ccc32)c1. The predicted molar refractivity (Wildman–Crippen MR) is 369 cm³/mol. The molecular weight excluding hydrogens is 1100 g/mol. The summed E-state index contributed by atoms with van der Waals surface area (Å²) < 4.78 is 25.8. The van der Waals surface area contributed by atoms with Gasteiger partial charge in [0.1, 0.15) is 45.1 Å². The number of hydrogen-bond donors (Lipinski definition) is 0. The maximum atomic E-state index is 6.27. The second-order valence-electron chi connectivity index (χ2n) is 23.6. The van der Waals surface area contributed by atoms with Crippen LogP contribution in [0.2, 0.25) is 0 Å². The molecule has 7 heterocycles. The molecule has 90 heavy (non-hydrogen) atoms. The monoisotopic (exact) mass is 1150 g/mol. The van der Waals surface area contributed by atoms with Crippen molar-refractivity contribution in [3.8, 4) is 62.1 Å². The molecule has 8 nitrogen and oxygen atoms in total. The normalized spacial score (nSPS) is 12.2. The van der Waals surface area contributed by atoms with E-state index in [1.54, 1.807) is 0 Å². The molecule has 0 amide bonds. The van der Waals surface area contributed by atoms with Gasteiger partial charge in [0.25, 0.3) is 0 Å². The summed E-state index contributed by atoms with van der Waals surface area (Å²) in [7, 11) is 0. The minimum absolute atomic E-state index is 0.598. The van der Waals surface area contributed by atoms with Crippen LogP contribution in [-0.2, 0) is 0 Å². The molecule has 0 saturated carbocycles. The lowest BCUT2D eigenvalue weighted by Gasteiger charge is -2.15. The number of benzene rings is 13. The Morgan fingerprint density at radius 2 is 0.511 bits per heavy atom. The lowest BCUT2D eigenvalue weighted by molar-refractivity contribution is 0.668. The highest BCUT2D eigenvalue weighted by molar-refractivity contribution is 6.15. The Kier molecular flexibility index (Phi) is 10.1. The Labute approximate surface area is 512 Å². The lowest BCUT2D eigenvalue weighted by atomic mass is 10.0. The Balaban J connectivity index is 0.779. The molecule has 0 bridgehead atoms. The van der Waals surface area contributed by atoms with E-state index in [0.717, 1.165) is 177 Å². The predicted octanol–water partition coefficient (Wildman–Crippen LogP) is 22.1. The first-order valence-electron chi connectivity index (χ1n) is 30.4. The molecule has 0 aliphatic heterocycles. The fraction of sp³-hybridized carbons (Fsp3) is 0. The first kappa shape index (κ1) is 48.9. The van der Waals surface area contributed by atoms with Gasteiger partial charge in [-0.15, -0.1) is 0 Å². The van der Waals surface area contributed by atoms with E-state index >= 15 is 0 Å². The fourth-order valence-corrected chi connectivity index (χ4v) is 14.5. The van der Waals surface area contributed by atoms with Crippen molar-refractivity contribution >= 4 is 131 Å². The standard InChI is InChI=1S/C82H47N5O3/c1-7-22-68-56(16-1)62-41-48(51-31-37-77-65(44-51)59-19-4-10-25-74(59)88-77)28-34-71(62)85(68)55-15-13-14-54(40-55)82-83-80(86-69-23-8-2-17-57(69)63-42-49(29-35-72(63)86)52-32-38-78-66(45-52)60-20-5-11-26-75(60)89-78)47-81(84-82)87-70-24-9-3-18-58(70)64-43-50(30-36-73(64)87)53-33-39-79-67(46-53)61-21-6-12-27-76(61)90-79/h1-47H. The van der Waals surface area contributed by atoms with Crippen LogP contribution in [0.3, 0.4) is 0 Å². The van der Waals surface area contributed by atoms with Crippen molar-refractivity contribution in [2.24, 2.45) is 0 Å². The molecule has 0 spiro atoms. The summed E-state index contributed by atoms with van der Waals surface area (Å²) in [6.07, 6.45) is 0. The zero-order valence-corrected chi connectivity index (χ0v) is 48.1. The average molecular weight is 1150 g/mol. The lowest BCUT2D eigenvalue weighted by Crippen LogP contribution is -2.06. The summed E-state index contributed by atoms with van der Waals surface area (Å²) in [6.45, 7) is 0. The van der Waals surface area contributed by atoms with E-state index in [1.807, 2.05) is 36.4 Å². The molecule has 0 saturated heterocycles. The quantitative estimate of drug-likeness (QED) is 0.159. The van der Waals surface area contributed by atoms with Gasteiger partial charge in [-0.1, -0.05) is 158 Å². The van der Waals surface area contributed by atoms with E-state index in [0.29, 0.717) is 5.82 Å². The Bertz CT molecular complexity index is 6190. The molecule has 0 radical (unpaired) electrons. The fourth-order valence-electron chi connectivity index (χ4n) is 14.5. The smallest absolute Gasteiger partial charge is 0.163 e. The van der Waals surface area contributed by atoms with E-state index in [4.69, 9.17) is 23.2 Å². The van der Waals surface area contributed by atoms with Gasteiger partial charge in [-0.2, -0.15) is 0 Å². The molecule has 418 valence electrons. The Morgan fingerprint density at radius 3 is 0.922 bits per heavy atom. The van der Waals surface area contributed by atoms with Gasteiger partial charge >= 0.3 is 0 Å². The van der Waals surface area contributed by atoms with Crippen LogP contribution in [0.1, 0.15) is 0 Å². The van der Waals surface area contributed by atoms with Crippen LogP contribution in [0.5, 0.6) is 0 Å². The highest BCUT2D eigenvalue weighted by Gasteiger charge is 2.23. The van der Waals surface area contributed by atoms with Crippen LogP contribution in [0.4, 0.5) is 0 Å². The summed E-state index contributed by atoms with van der Waals surface area (Å²) in [5, 5.41) is 13.5. The van der Waals surface area contributed by atoms with Crippen molar-refractivity contribution in [2.45, 2.75) is 0 Å². The van der Waals surface area contributed by atoms with Crippen LogP contribution in [0.25, 0.3) is 193 Å². The van der Waals surface area contributed by atoms with Crippen LogP contribution >= 0.6 is 0 Å². The van der Waals surface area contributed by atoms with E-state index < -0.39 is 0 Å². The first-order valence-corrected chi connectivity index (χ1v) is 30.4. The van der Waals surface area contributed by atoms with Gasteiger partial charge in [-0.05, 0) is 155 Å². The molecule has 13 aromatic carbocycles. The van der Waals surface area contributed by atoms with Gasteiger partial charge in [-0.25, -0.2) is 9.97 Å². The van der Waals surface area contributed by atoms with Gasteiger partial charge in [0.15, 0.2) is 5.82 Å². The van der Waals surface area contributed by atoms with Crippen molar-refractivity contribution in [3.05, 3.63) is 285 Å². The Hall–Kier alpha value is -12.3. The third kappa shape index (κ3) is 7.24. The molecule has 0 atom stereocenters. The minimum atomic E-state index is 0.598. The second-order valence-corrected chi connectivity index (χ2v) is 23.6. The van der Waals surface area contributed by atoms with Crippen LogP contribution in [0, 0.1) is 0 Å². The van der Waals surface area contributed by atoms with E-state index in [9.17, 15) is 0 Å². The van der Waals surface area contributed by atoms with Gasteiger partial charge < -0.3 is 17.8 Å². The molecule has 20 rings (SSSR count). The number of fused-ring (bicyclic) bond motifs is 18. The van der Waals surface area contributed by atoms with Gasteiger partial charge in [-0.3, -0.25) is 9.13 Å². The highest BCUT2D eigenvalue weighted by atomic mass is 16.3. The number of aromatic nitrogens is 5. The van der Waals surface area contributed by atoms with E-state index in [2.05, 4.69) is 262 Å². The van der Waals surface area contributed by atoms with E-state index in [1.165, 1.54) is 10.8 Å². The topological polar surface area (TPSA) is 80.0 Å². The number of nitrogens with zero attached hydrogens (tertiary/aromatic N) is 5. The van der Waals surface area contributed by atoms with Gasteiger partial charge in [0, 0.05) is 82.0 Å².